The highest BCUT2D eigenvalue weighted by molar-refractivity contribution is 8.04. The number of allylic oxidation sites excluding steroid dienone is 1. The summed E-state index contributed by atoms with van der Waals surface area (Å²) in [6.45, 7) is 4.21. The summed E-state index contributed by atoms with van der Waals surface area (Å²) in [4.78, 5) is 11.3. The second-order valence-electron chi connectivity index (χ2n) is 2.65. The predicted molar refractivity (Wildman–Crippen MR) is 46.4 cm³/mol. The number of thioether (sulfide) groups is 1. The molecule has 1 unspecified atom stereocenters. The van der Waals surface area contributed by atoms with Gasteiger partial charge >= 0.3 is 5.97 Å². The van der Waals surface area contributed by atoms with Gasteiger partial charge in [0, 0.05) is 0 Å². The minimum Gasteiger partial charge on any atom is -0.465 e. The molecule has 1 aliphatic rings. The smallest absolute Gasteiger partial charge is 0.322 e. The van der Waals surface area contributed by atoms with Gasteiger partial charge in [0.2, 0.25) is 0 Å². The molecule has 0 aromatic rings. The minimum absolute atomic E-state index is 0.102. The fourth-order valence-electron chi connectivity index (χ4n) is 0.935. The van der Waals surface area contributed by atoms with Gasteiger partial charge in [-0.3, -0.25) is 4.79 Å². The first-order valence-electron chi connectivity index (χ1n) is 3.69. The molecule has 2 nitrogen and oxygen atoms in total. The normalized spacial score (nSPS) is 28.9. The molecule has 0 saturated heterocycles. The summed E-state index contributed by atoms with van der Waals surface area (Å²) in [6, 6.07) is 0. The van der Waals surface area contributed by atoms with Gasteiger partial charge in [0.25, 0.3) is 0 Å². The highest BCUT2D eigenvalue weighted by atomic mass is 32.2. The van der Waals surface area contributed by atoms with Crippen LogP contribution in [0.2, 0.25) is 0 Å². The lowest BCUT2D eigenvalue weighted by molar-refractivity contribution is -0.145. The quantitative estimate of drug-likeness (QED) is 0.596. The first-order chi connectivity index (χ1) is 5.19. The van der Waals surface area contributed by atoms with Crippen LogP contribution in [-0.2, 0) is 9.53 Å². The molecule has 0 N–H and O–H groups in total. The molecule has 0 aromatic heterocycles. The van der Waals surface area contributed by atoms with Crippen molar-refractivity contribution in [2.45, 2.75) is 25.0 Å². The summed E-state index contributed by atoms with van der Waals surface area (Å²) in [5.74, 6) is -0.102. The highest BCUT2D eigenvalue weighted by Gasteiger charge is 2.36. The van der Waals surface area contributed by atoms with Crippen LogP contribution in [0.15, 0.2) is 11.5 Å². The molecule has 0 saturated carbocycles. The van der Waals surface area contributed by atoms with E-state index in [9.17, 15) is 4.79 Å². The van der Waals surface area contributed by atoms with Crippen LogP contribution < -0.4 is 0 Å². The predicted octanol–water partition coefficient (Wildman–Crippen LogP) is 1.96. The zero-order valence-corrected chi connectivity index (χ0v) is 7.61. The third-order valence-electron chi connectivity index (χ3n) is 1.64. The molecule has 0 fully saturated rings. The molecule has 0 bridgehead atoms. The van der Waals surface area contributed by atoms with Gasteiger partial charge in [-0.15, -0.1) is 11.8 Å². The summed E-state index contributed by atoms with van der Waals surface area (Å²) in [5.41, 5.74) is 0. The molecular weight excluding hydrogens is 160 g/mol. The first kappa shape index (κ1) is 8.65. The Morgan fingerprint density at radius 2 is 2.55 bits per heavy atom. The fraction of sp³-hybridized carbons (Fsp3) is 0.625. The summed E-state index contributed by atoms with van der Waals surface area (Å²) < 4.78 is 4.58. The molecular formula is C8H12O2S. The minimum atomic E-state index is -0.351. The van der Waals surface area contributed by atoms with E-state index in [0.717, 1.165) is 6.42 Å². The SMILES string of the molecule is CCOC(=O)C1(C)CC=CS1. The maximum Gasteiger partial charge on any atom is 0.322 e. The zero-order valence-electron chi connectivity index (χ0n) is 6.79. The topological polar surface area (TPSA) is 26.3 Å². The number of rotatable bonds is 2. The van der Waals surface area contributed by atoms with Gasteiger partial charge in [-0.1, -0.05) is 6.08 Å². The molecule has 1 heterocycles. The van der Waals surface area contributed by atoms with Crippen LogP contribution in [0.5, 0.6) is 0 Å². The zero-order chi connectivity index (χ0) is 8.32. The van der Waals surface area contributed by atoms with Crippen molar-refractivity contribution in [3.63, 3.8) is 0 Å². The monoisotopic (exact) mass is 172 g/mol. The van der Waals surface area contributed by atoms with Gasteiger partial charge < -0.3 is 4.74 Å². The maximum absolute atomic E-state index is 11.3. The summed E-state index contributed by atoms with van der Waals surface area (Å²) in [5, 5.41) is 1.96. The van der Waals surface area contributed by atoms with Gasteiger partial charge in [0.1, 0.15) is 4.75 Å². The number of carbonyl (C=O) groups is 1. The largest absolute Gasteiger partial charge is 0.465 e. The fourth-order valence-corrected chi connectivity index (χ4v) is 1.78. The van der Waals surface area contributed by atoms with E-state index in [1.807, 2.05) is 25.3 Å². The van der Waals surface area contributed by atoms with E-state index in [1.54, 1.807) is 0 Å². The van der Waals surface area contributed by atoms with Crippen LogP contribution in [0.3, 0.4) is 0 Å². The van der Waals surface area contributed by atoms with Crippen molar-refractivity contribution in [3.8, 4) is 0 Å². The van der Waals surface area contributed by atoms with E-state index < -0.39 is 0 Å². The van der Waals surface area contributed by atoms with Crippen molar-refractivity contribution in [1.82, 2.24) is 0 Å². The second kappa shape index (κ2) is 3.30. The number of carbonyl (C=O) groups excluding carboxylic acids is 1. The molecule has 0 aliphatic carbocycles. The van der Waals surface area contributed by atoms with Crippen LogP contribution in [0, 0.1) is 0 Å². The number of hydrogen-bond donors (Lipinski definition) is 0. The average Bonchev–Trinajstić information content (AvgIpc) is 2.38. The van der Waals surface area contributed by atoms with Crippen molar-refractivity contribution in [1.29, 1.82) is 0 Å². The standard InChI is InChI=1S/C8H12O2S/c1-3-10-7(9)8(2)5-4-6-11-8/h4,6H,3,5H2,1-2H3. The molecule has 11 heavy (non-hydrogen) atoms. The molecule has 0 amide bonds. The Balaban J connectivity index is 2.51. The van der Waals surface area contributed by atoms with Crippen LogP contribution in [-0.4, -0.2) is 17.3 Å². The van der Waals surface area contributed by atoms with E-state index in [4.69, 9.17) is 4.74 Å². The van der Waals surface area contributed by atoms with Crippen LogP contribution in [0.25, 0.3) is 0 Å². The Morgan fingerprint density at radius 1 is 1.82 bits per heavy atom. The summed E-state index contributed by atoms with van der Waals surface area (Å²) in [6.07, 6.45) is 2.79. The first-order valence-corrected chi connectivity index (χ1v) is 4.57. The lowest BCUT2D eigenvalue weighted by atomic mass is 10.1. The summed E-state index contributed by atoms with van der Waals surface area (Å²) >= 11 is 1.54. The third kappa shape index (κ3) is 1.77. The lowest BCUT2D eigenvalue weighted by Gasteiger charge is -2.19. The molecule has 0 spiro atoms. The van der Waals surface area contributed by atoms with Crippen LogP contribution in [0.4, 0.5) is 0 Å². The third-order valence-corrected chi connectivity index (χ3v) is 2.82. The summed E-state index contributed by atoms with van der Waals surface area (Å²) in [7, 11) is 0. The van der Waals surface area contributed by atoms with E-state index in [1.165, 1.54) is 11.8 Å². The number of hydrogen-bond acceptors (Lipinski definition) is 3. The number of esters is 1. The van der Waals surface area contributed by atoms with E-state index in [0.29, 0.717) is 6.61 Å². The van der Waals surface area contributed by atoms with E-state index in [2.05, 4.69) is 0 Å². The average molecular weight is 172 g/mol. The van der Waals surface area contributed by atoms with Gasteiger partial charge in [-0.05, 0) is 25.7 Å². The van der Waals surface area contributed by atoms with Crippen molar-refractivity contribution < 1.29 is 9.53 Å². The molecule has 1 atom stereocenters. The molecule has 0 radical (unpaired) electrons. The Labute approximate surface area is 71.0 Å². The lowest BCUT2D eigenvalue weighted by Crippen LogP contribution is -2.30. The molecule has 62 valence electrons. The Hall–Kier alpha value is -0.440. The van der Waals surface area contributed by atoms with E-state index >= 15 is 0 Å². The molecule has 0 aromatic carbocycles. The Kier molecular flexibility index (Phi) is 2.60. The molecule has 1 aliphatic heterocycles. The molecule has 1 rings (SSSR count). The van der Waals surface area contributed by atoms with Crippen LogP contribution >= 0.6 is 11.8 Å². The van der Waals surface area contributed by atoms with Crippen LogP contribution in [0.1, 0.15) is 20.3 Å². The van der Waals surface area contributed by atoms with Gasteiger partial charge in [0.15, 0.2) is 0 Å². The van der Waals surface area contributed by atoms with Crippen molar-refractivity contribution in [3.05, 3.63) is 11.5 Å². The van der Waals surface area contributed by atoms with Gasteiger partial charge in [-0.25, -0.2) is 0 Å². The van der Waals surface area contributed by atoms with E-state index in [-0.39, 0.29) is 10.7 Å². The Morgan fingerprint density at radius 3 is 3.00 bits per heavy atom. The maximum atomic E-state index is 11.3. The number of ether oxygens (including phenoxy) is 1. The van der Waals surface area contributed by atoms with Crippen molar-refractivity contribution in [2.75, 3.05) is 6.61 Å². The highest BCUT2D eigenvalue weighted by Crippen LogP contribution is 2.36. The second-order valence-corrected chi connectivity index (χ2v) is 4.05. The Bertz CT molecular complexity index is 179. The van der Waals surface area contributed by atoms with Crippen molar-refractivity contribution >= 4 is 17.7 Å². The van der Waals surface area contributed by atoms with Crippen molar-refractivity contribution in [2.24, 2.45) is 0 Å². The molecule has 3 heteroatoms. The van der Waals surface area contributed by atoms with Gasteiger partial charge in [-0.2, -0.15) is 0 Å². The van der Waals surface area contributed by atoms with Gasteiger partial charge in [0.05, 0.1) is 6.61 Å².